The standard InChI is InChI=1S/C26H17BrFNO5/c1-2-33-26(32)15-5-10-18(11-6-15)29-22(14-3-8-17(28)9-4-14)21-23(30)19-13-16(27)7-12-20(19)34-24(21)25(29)31/h3-13,22H,2H2,1H3. The molecule has 34 heavy (non-hydrogen) atoms. The lowest BCUT2D eigenvalue weighted by molar-refractivity contribution is 0.0526. The molecule has 0 spiro atoms. The van der Waals surface area contributed by atoms with Crippen LogP contribution in [0, 0.1) is 5.82 Å². The number of hydrogen-bond acceptors (Lipinski definition) is 5. The molecule has 1 unspecified atom stereocenters. The normalized spacial score (nSPS) is 15.0. The average molecular weight is 522 g/mol. The summed E-state index contributed by atoms with van der Waals surface area (Å²) in [6, 6.07) is 16.1. The Kier molecular flexibility index (Phi) is 5.53. The van der Waals surface area contributed by atoms with Gasteiger partial charge in [0.2, 0.25) is 5.76 Å². The first kappa shape index (κ1) is 22.0. The molecule has 0 fully saturated rings. The van der Waals surface area contributed by atoms with E-state index in [1.165, 1.54) is 29.2 Å². The van der Waals surface area contributed by atoms with Crippen molar-refractivity contribution in [3.05, 3.63) is 110 Å². The van der Waals surface area contributed by atoms with Gasteiger partial charge in [0.25, 0.3) is 5.91 Å². The zero-order chi connectivity index (χ0) is 24.0. The highest BCUT2D eigenvalue weighted by Gasteiger charge is 2.43. The van der Waals surface area contributed by atoms with Gasteiger partial charge in [0.05, 0.1) is 29.2 Å². The van der Waals surface area contributed by atoms with E-state index in [1.54, 1.807) is 49.4 Å². The topological polar surface area (TPSA) is 76.8 Å². The van der Waals surface area contributed by atoms with E-state index in [1.807, 2.05) is 0 Å². The molecular weight excluding hydrogens is 505 g/mol. The van der Waals surface area contributed by atoms with Crippen molar-refractivity contribution in [3.8, 4) is 0 Å². The highest BCUT2D eigenvalue weighted by molar-refractivity contribution is 9.10. The van der Waals surface area contributed by atoms with Gasteiger partial charge in [0.1, 0.15) is 11.4 Å². The summed E-state index contributed by atoms with van der Waals surface area (Å²) in [4.78, 5) is 40.6. The molecule has 1 atom stereocenters. The van der Waals surface area contributed by atoms with Crippen LogP contribution in [0.4, 0.5) is 10.1 Å². The first-order chi connectivity index (χ1) is 16.4. The summed E-state index contributed by atoms with van der Waals surface area (Å²) in [5.41, 5.74) is 1.45. The molecule has 2 heterocycles. The Morgan fingerprint density at radius 2 is 1.76 bits per heavy atom. The molecule has 6 nitrogen and oxygen atoms in total. The second-order valence-corrected chi connectivity index (χ2v) is 8.63. The van der Waals surface area contributed by atoms with Crippen molar-refractivity contribution >= 4 is 44.5 Å². The van der Waals surface area contributed by atoms with E-state index in [9.17, 15) is 18.8 Å². The molecule has 0 radical (unpaired) electrons. The summed E-state index contributed by atoms with van der Waals surface area (Å²) in [5, 5.41) is 0.326. The number of rotatable bonds is 4. The van der Waals surface area contributed by atoms with Gasteiger partial charge in [-0.25, -0.2) is 9.18 Å². The quantitative estimate of drug-likeness (QED) is 0.325. The van der Waals surface area contributed by atoms with Gasteiger partial charge in [-0.2, -0.15) is 0 Å². The molecule has 8 heteroatoms. The molecule has 0 N–H and O–H groups in total. The van der Waals surface area contributed by atoms with Crippen LogP contribution in [0.15, 0.2) is 80.4 Å². The zero-order valence-electron chi connectivity index (χ0n) is 17.9. The lowest BCUT2D eigenvalue weighted by Gasteiger charge is -2.25. The minimum absolute atomic E-state index is 0.0661. The fourth-order valence-corrected chi connectivity index (χ4v) is 4.51. The predicted octanol–water partition coefficient (Wildman–Crippen LogP) is 5.62. The summed E-state index contributed by atoms with van der Waals surface area (Å²) in [7, 11) is 0. The molecule has 1 aliphatic rings. The molecule has 5 rings (SSSR count). The Hall–Kier alpha value is -3.78. The third-order valence-corrected chi connectivity index (χ3v) is 6.17. The molecule has 1 aromatic heterocycles. The number of amides is 1. The number of esters is 1. The summed E-state index contributed by atoms with van der Waals surface area (Å²) in [5.74, 6) is -1.49. The number of fused-ring (bicyclic) bond motifs is 2. The molecule has 1 amide bonds. The molecule has 0 bridgehead atoms. The monoisotopic (exact) mass is 521 g/mol. The minimum Gasteiger partial charge on any atom is -0.462 e. The second kappa shape index (κ2) is 8.53. The van der Waals surface area contributed by atoms with Crippen LogP contribution in [-0.4, -0.2) is 18.5 Å². The number of carbonyl (C=O) groups excluding carboxylic acids is 2. The van der Waals surface area contributed by atoms with Crippen molar-refractivity contribution < 1.29 is 23.1 Å². The molecule has 0 saturated heterocycles. The number of carbonyl (C=O) groups is 2. The Morgan fingerprint density at radius 1 is 1.06 bits per heavy atom. The summed E-state index contributed by atoms with van der Waals surface area (Å²) in [6.45, 7) is 1.96. The molecule has 0 aliphatic carbocycles. The van der Waals surface area contributed by atoms with E-state index in [4.69, 9.17) is 9.15 Å². The van der Waals surface area contributed by atoms with Crippen LogP contribution in [0.2, 0.25) is 0 Å². The van der Waals surface area contributed by atoms with Crippen molar-refractivity contribution in [2.75, 3.05) is 11.5 Å². The van der Waals surface area contributed by atoms with Crippen LogP contribution in [0.3, 0.4) is 0 Å². The van der Waals surface area contributed by atoms with Crippen LogP contribution in [-0.2, 0) is 4.74 Å². The first-order valence-electron chi connectivity index (χ1n) is 10.5. The van der Waals surface area contributed by atoms with Crippen LogP contribution in [0.5, 0.6) is 0 Å². The first-order valence-corrected chi connectivity index (χ1v) is 11.3. The highest BCUT2D eigenvalue weighted by atomic mass is 79.9. The highest BCUT2D eigenvalue weighted by Crippen LogP contribution is 2.41. The van der Waals surface area contributed by atoms with Gasteiger partial charge in [0.15, 0.2) is 5.43 Å². The largest absolute Gasteiger partial charge is 0.462 e. The number of nitrogens with zero attached hydrogens (tertiary/aromatic N) is 1. The maximum Gasteiger partial charge on any atom is 0.338 e. The van der Waals surface area contributed by atoms with Gasteiger partial charge in [-0.15, -0.1) is 0 Å². The van der Waals surface area contributed by atoms with Crippen molar-refractivity contribution in [1.29, 1.82) is 0 Å². The number of benzene rings is 3. The number of anilines is 1. The summed E-state index contributed by atoms with van der Waals surface area (Å²) in [6.07, 6.45) is 0. The maximum atomic E-state index is 13.7. The third kappa shape index (κ3) is 3.60. The fourth-order valence-electron chi connectivity index (χ4n) is 4.14. The minimum atomic E-state index is -0.837. The van der Waals surface area contributed by atoms with Gasteiger partial charge in [-0.3, -0.25) is 14.5 Å². The third-order valence-electron chi connectivity index (χ3n) is 5.67. The second-order valence-electron chi connectivity index (χ2n) is 7.71. The fraction of sp³-hybridized carbons (Fsp3) is 0.115. The Balaban J connectivity index is 1.70. The van der Waals surface area contributed by atoms with Gasteiger partial charge in [-0.05, 0) is 67.1 Å². The lowest BCUT2D eigenvalue weighted by atomic mass is 9.98. The van der Waals surface area contributed by atoms with Crippen LogP contribution < -0.4 is 10.3 Å². The molecule has 170 valence electrons. The molecule has 4 aromatic rings. The van der Waals surface area contributed by atoms with Crippen molar-refractivity contribution in [2.45, 2.75) is 13.0 Å². The van der Waals surface area contributed by atoms with E-state index in [0.717, 1.165) is 0 Å². The number of ether oxygens (including phenoxy) is 1. The van der Waals surface area contributed by atoms with Gasteiger partial charge >= 0.3 is 5.97 Å². The smallest absolute Gasteiger partial charge is 0.338 e. The summed E-state index contributed by atoms with van der Waals surface area (Å²) >= 11 is 3.37. The Bertz CT molecular complexity index is 1500. The molecule has 0 saturated carbocycles. The van der Waals surface area contributed by atoms with E-state index in [2.05, 4.69) is 15.9 Å². The van der Waals surface area contributed by atoms with Crippen molar-refractivity contribution in [1.82, 2.24) is 0 Å². The van der Waals surface area contributed by atoms with Gasteiger partial charge < -0.3 is 9.15 Å². The zero-order valence-corrected chi connectivity index (χ0v) is 19.5. The maximum absolute atomic E-state index is 13.7. The lowest BCUT2D eigenvalue weighted by Crippen LogP contribution is -2.29. The van der Waals surface area contributed by atoms with E-state index in [0.29, 0.717) is 26.7 Å². The van der Waals surface area contributed by atoms with Gasteiger partial charge in [-0.1, -0.05) is 28.1 Å². The Morgan fingerprint density at radius 3 is 2.44 bits per heavy atom. The van der Waals surface area contributed by atoms with Crippen LogP contribution in [0.1, 0.15) is 45.0 Å². The molecule has 3 aromatic carbocycles. The SMILES string of the molecule is CCOC(=O)c1ccc(N2C(=O)c3oc4ccc(Br)cc4c(=O)c3C2c2ccc(F)cc2)cc1. The number of hydrogen-bond donors (Lipinski definition) is 0. The Labute approximate surface area is 201 Å². The van der Waals surface area contributed by atoms with E-state index < -0.39 is 23.7 Å². The van der Waals surface area contributed by atoms with Gasteiger partial charge in [0, 0.05) is 10.2 Å². The van der Waals surface area contributed by atoms with Crippen LogP contribution >= 0.6 is 15.9 Å². The van der Waals surface area contributed by atoms with Crippen molar-refractivity contribution in [3.63, 3.8) is 0 Å². The van der Waals surface area contributed by atoms with Crippen molar-refractivity contribution in [2.24, 2.45) is 0 Å². The summed E-state index contributed by atoms with van der Waals surface area (Å²) < 4.78 is 25.3. The molecular formula is C26H17BrFNO5. The van der Waals surface area contributed by atoms with Crippen LogP contribution in [0.25, 0.3) is 11.0 Å². The average Bonchev–Trinajstić information content (AvgIpc) is 3.13. The number of halogens is 2. The van der Waals surface area contributed by atoms with E-state index in [-0.39, 0.29) is 28.9 Å². The van der Waals surface area contributed by atoms with E-state index >= 15 is 0 Å². The predicted molar refractivity (Wildman–Crippen MR) is 128 cm³/mol. The molecule has 1 aliphatic heterocycles.